The lowest BCUT2D eigenvalue weighted by molar-refractivity contribution is -0.155. The lowest BCUT2D eigenvalue weighted by Gasteiger charge is -2.32. The fraction of sp³-hybridized carbons (Fsp3) is 0.556. The topological polar surface area (TPSA) is 63.6 Å². The predicted molar refractivity (Wildman–Crippen MR) is 83.7 cm³/mol. The van der Waals surface area contributed by atoms with Gasteiger partial charge < -0.3 is 9.84 Å². The number of benzene rings is 1. The molecule has 0 aromatic heterocycles. The van der Waals surface area contributed by atoms with Crippen LogP contribution in [0, 0.1) is 24.7 Å². The van der Waals surface area contributed by atoms with Gasteiger partial charge >= 0.3 is 11.9 Å². The van der Waals surface area contributed by atoms with E-state index in [-0.39, 0.29) is 0 Å². The Bertz CT molecular complexity index is 520. The molecule has 1 unspecified atom stereocenters. The average Bonchev–Trinajstić information content (AvgIpc) is 2.49. The Morgan fingerprint density at radius 1 is 1.18 bits per heavy atom. The van der Waals surface area contributed by atoms with Gasteiger partial charge in [0.15, 0.2) is 0 Å². The highest BCUT2D eigenvalue weighted by molar-refractivity contribution is 5.82. The van der Waals surface area contributed by atoms with Gasteiger partial charge in [-0.25, -0.2) is 0 Å². The highest BCUT2D eigenvalue weighted by Gasteiger charge is 2.40. The van der Waals surface area contributed by atoms with Crippen molar-refractivity contribution in [2.75, 3.05) is 0 Å². The molecule has 1 aliphatic carbocycles. The van der Waals surface area contributed by atoms with E-state index < -0.39 is 23.8 Å². The number of carboxylic acid groups (broad SMARTS) is 1. The van der Waals surface area contributed by atoms with Gasteiger partial charge in [0.2, 0.25) is 0 Å². The fourth-order valence-electron chi connectivity index (χ4n) is 3.28. The molecule has 1 aromatic carbocycles. The first-order valence-corrected chi connectivity index (χ1v) is 8.02. The van der Waals surface area contributed by atoms with E-state index in [0.717, 1.165) is 24.8 Å². The lowest BCUT2D eigenvalue weighted by atomic mass is 9.72. The maximum absolute atomic E-state index is 12.3. The zero-order chi connectivity index (χ0) is 16.1. The highest BCUT2D eigenvalue weighted by Crippen LogP contribution is 2.37. The number of esters is 1. The van der Waals surface area contributed by atoms with E-state index in [1.54, 1.807) is 12.1 Å². The molecule has 1 fully saturated rings. The molecule has 0 aliphatic heterocycles. The second-order valence-corrected chi connectivity index (χ2v) is 6.25. The van der Waals surface area contributed by atoms with Crippen LogP contribution in [0.2, 0.25) is 0 Å². The Morgan fingerprint density at radius 3 is 2.45 bits per heavy atom. The summed E-state index contributed by atoms with van der Waals surface area (Å²) in [4.78, 5) is 23.9. The van der Waals surface area contributed by atoms with Crippen LogP contribution in [0.25, 0.3) is 0 Å². The minimum absolute atomic E-state index is 0.411. The van der Waals surface area contributed by atoms with Crippen molar-refractivity contribution in [1.82, 2.24) is 0 Å². The third-order valence-electron chi connectivity index (χ3n) is 4.52. The summed E-state index contributed by atoms with van der Waals surface area (Å²) in [7, 11) is 0. The molecule has 0 amide bonds. The van der Waals surface area contributed by atoms with Crippen LogP contribution in [0.3, 0.4) is 0 Å². The molecule has 1 aromatic rings. The van der Waals surface area contributed by atoms with Crippen molar-refractivity contribution in [2.24, 2.45) is 17.8 Å². The van der Waals surface area contributed by atoms with Crippen molar-refractivity contribution in [3.8, 4) is 5.75 Å². The number of ether oxygens (including phenoxy) is 1. The number of aryl methyl sites for hydroxylation is 1. The van der Waals surface area contributed by atoms with Crippen LogP contribution in [0.1, 0.15) is 44.6 Å². The zero-order valence-corrected chi connectivity index (χ0v) is 13.2. The minimum Gasteiger partial charge on any atom is -0.481 e. The molecule has 2 rings (SSSR count). The van der Waals surface area contributed by atoms with E-state index in [1.165, 1.54) is 0 Å². The van der Waals surface area contributed by atoms with Crippen LogP contribution in [-0.4, -0.2) is 17.0 Å². The van der Waals surface area contributed by atoms with E-state index in [4.69, 9.17) is 4.74 Å². The van der Waals surface area contributed by atoms with E-state index in [0.29, 0.717) is 24.5 Å². The van der Waals surface area contributed by atoms with Gasteiger partial charge in [0.25, 0.3) is 0 Å². The molecule has 0 spiro atoms. The summed E-state index contributed by atoms with van der Waals surface area (Å²) in [6, 6.07) is 7.22. The molecule has 120 valence electrons. The number of carboxylic acids is 1. The third kappa shape index (κ3) is 4.09. The average molecular weight is 304 g/mol. The summed E-state index contributed by atoms with van der Waals surface area (Å²) in [5, 5.41) is 9.44. The predicted octanol–water partition coefficient (Wildman–Crippen LogP) is 3.82. The van der Waals surface area contributed by atoms with Crippen LogP contribution in [-0.2, 0) is 9.59 Å². The van der Waals surface area contributed by atoms with Crippen LogP contribution in [0.15, 0.2) is 24.3 Å². The first-order valence-electron chi connectivity index (χ1n) is 8.02. The molecule has 0 bridgehead atoms. The maximum atomic E-state index is 12.3. The fourth-order valence-corrected chi connectivity index (χ4v) is 3.28. The maximum Gasteiger partial charge on any atom is 0.315 e. The Kier molecular flexibility index (Phi) is 5.58. The minimum atomic E-state index is -0.883. The van der Waals surface area contributed by atoms with E-state index in [1.807, 2.05) is 19.1 Å². The Labute approximate surface area is 131 Å². The third-order valence-corrected chi connectivity index (χ3v) is 4.52. The van der Waals surface area contributed by atoms with Crippen molar-refractivity contribution in [2.45, 2.75) is 46.0 Å². The quantitative estimate of drug-likeness (QED) is 0.663. The molecule has 3 atom stereocenters. The number of hydrogen-bond acceptors (Lipinski definition) is 3. The van der Waals surface area contributed by atoms with Crippen LogP contribution >= 0.6 is 0 Å². The van der Waals surface area contributed by atoms with Crippen LogP contribution in [0.4, 0.5) is 0 Å². The summed E-state index contributed by atoms with van der Waals surface area (Å²) >= 11 is 0. The van der Waals surface area contributed by atoms with Gasteiger partial charge in [0.1, 0.15) is 5.75 Å². The van der Waals surface area contributed by atoms with Gasteiger partial charge in [0.05, 0.1) is 11.8 Å². The molecular formula is C18H24O4. The molecule has 4 nitrogen and oxygen atoms in total. The van der Waals surface area contributed by atoms with Crippen molar-refractivity contribution in [1.29, 1.82) is 0 Å². The van der Waals surface area contributed by atoms with Gasteiger partial charge in [0, 0.05) is 0 Å². The van der Waals surface area contributed by atoms with Gasteiger partial charge in [-0.1, -0.05) is 37.5 Å². The van der Waals surface area contributed by atoms with E-state index in [9.17, 15) is 14.7 Å². The summed E-state index contributed by atoms with van der Waals surface area (Å²) in [6.45, 7) is 4.06. The number of hydrogen-bond donors (Lipinski definition) is 1. The molecule has 0 radical (unpaired) electrons. The molecule has 0 saturated heterocycles. The van der Waals surface area contributed by atoms with Crippen LogP contribution in [0.5, 0.6) is 5.75 Å². The molecule has 1 N–H and O–H groups in total. The van der Waals surface area contributed by atoms with E-state index in [2.05, 4.69) is 6.92 Å². The first-order chi connectivity index (χ1) is 10.5. The molecular weight excluding hydrogens is 280 g/mol. The summed E-state index contributed by atoms with van der Waals surface area (Å²) in [5.74, 6) is -1.56. The summed E-state index contributed by atoms with van der Waals surface area (Å²) < 4.78 is 5.38. The number of carbonyl (C=O) groups excluding carboxylic acids is 1. The summed E-state index contributed by atoms with van der Waals surface area (Å²) in [6.07, 6.45) is 4.17. The van der Waals surface area contributed by atoms with Crippen molar-refractivity contribution >= 4 is 11.9 Å². The number of aliphatic carboxylic acids is 1. The second kappa shape index (κ2) is 7.43. The van der Waals surface area contributed by atoms with Gasteiger partial charge in [-0.05, 0) is 44.2 Å². The zero-order valence-electron chi connectivity index (χ0n) is 13.2. The molecule has 0 heterocycles. The largest absolute Gasteiger partial charge is 0.481 e. The number of carbonyl (C=O) groups is 2. The molecule has 1 saturated carbocycles. The smallest absolute Gasteiger partial charge is 0.315 e. The normalized spacial score (nSPS) is 24.7. The van der Waals surface area contributed by atoms with Gasteiger partial charge in [-0.2, -0.15) is 0 Å². The molecule has 4 heteroatoms. The Hall–Kier alpha value is -1.84. The van der Waals surface area contributed by atoms with Crippen molar-refractivity contribution < 1.29 is 19.4 Å². The van der Waals surface area contributed by atoms with Gasteiger partial charge in [-0.15, -0.1) is 0 Å². The molecule has 1 aliphatic rings. The summed E-state index contributed by atoms with van der Waals surface area (Å²) in [5.41, 5.74) is 1.09. The monoisotopic (exact) mass is 304 g/mol. The van der Waals surface area contributed by atoms with E-state index >= 15 is 0 Å². The Morgan fingerprint density at radius 2 is 1.86 bits per heavy atom. The highest BCUT2D eigenvalue weighted by atomic mass is 16.5. The standard InChI is InChI=1S/C18H24O4/c1-3-4-13-7-10-15(16(11-13)17(19)20)18(21)22-14-8-5-12(2)6-9-14/h5-6,8-9,13,15-16H,3-4,7,10-11H2,1-2H3,(H,19,20)/t13?,15-,16-/m1/s1. The first kappa shape index (κ1) is 16.5. The van der Waals surface area contributed by atoms with Crippen molar-refractivity contribution in [3.63, 3.8) is 0 Å². The SMILES string of the molecule is CCCC1CC[C@@H](C(=O)Oc2ccc(C)cc2)[C@H](C(=O)O)C1. The Balaban J connectivity index is 2.04. The lowest BCUT2D eigenvalue weighted by Crippen LogP contribution is -2.37. The molecule has 22 heavy (non-hydrogen) atoms. The second-order valence-electron chi connectivity index (χ2n) is 6.25. The van der Waals surface area contributed by atoms with Crippen molar-refractivity contribution in [3.05, 3.63) is 29.8 Å². The van der Waals surface area contributed by atoms with Crippen LogP contribution < -0.4 is 4.74 Å². The van der Waals surface area contributed by atoms with Gasteiger partial charge in [-0.3, -0.25) is 9.59 Å². The number of rotatable bonds is 5.